The first kappa shape index (κ1) is 12.4. The molecule has 2 rings (SSSR count). The molecule has 4 nitrogen and oxygen atoms in total. The van der Waals surface area contributed by atoms with Crippen molar-refractivity contribution in [3.05, 3.63) is 10.6 Å². The normalized spacial score (nSPS) is 16.6. The summed E-state index contributed by atoms with van der Waals surface area (Å²) in [6, 6.07) is 0.440. The summed E-state index contributed by atoms with van der Waals surface area (Å²) in [6.07, 6.45) is 2.59. The van der Waals surface area contributed by atoms with Gasteiger partial charge in [-0.2, -0.15) is 0 Å². The highest BCUT2D eigenvalue weighted by Crippen LogP contribution is 2.35. The summed E-state index contributed by atoms with van der Waals surface area (Å²) in [7, 11) is 0. The molecule has 0 radical (unpaired) electrons. The van der Waals surface area contributed by atoms with Crippen molar-refractivity contribution >= 4 is 22.4 Å². The molecule has 1 aromatic heterocycles. The van der Waals surface area contributed by atoms with Gasteiger partial charge < -0.3 is 10.1 Å². The van der Waals surface area contributed by atoms with E-state index in [2.05, 4.69) is 17.2 Å². The molecule has 1 unspecified atom stereocenters. The van der Waals surface area contributed by atoms with Crippen molar-refractivity contribution in [2.24, 2.45) is 5.92 Å². The molecule has 0 bridgehead atoms. The van der Waals surface area contributed by atoms with Crippen LogP contribution in [0.25, 0.3) is 0 Å². The van der Waals surface area contributed by atoms with Crippen LogP contribution in [0.1, 0.15) is 42.1 Å². The van der Waals surface area contributed by atoms with E-state index in [4.69, 9.17) is 4.74 Å². The molecule has 1 saturated carbocycles. The maximum absolute atomic E-state index is 11.6. The van der Waals surface area contributed by atoms with Crippen LogP contribution in [-0.4, -0.2) is 23.6 Å². The summed E-state index contributed by atoms with van der Waals surface area (Å²) in [5.74, 6) is 0.443. The molecule has 1 fully saturated rings. The Kier molecular flexibility index (Phi) is 3.66. The first-order valence-corrected chi connectivity index (χ1v) is 6.84. The van der Waals surface area contributed by atoms with Crippen LogP contribution in [0.5, 0.6) is 0 Å². The lowest BCUT2D eigenvalue weighted by Gasteiger charge is -2.10. The fraction of sp³-hybridized carbons (Fsp3) is 0.667. The summed E-state index contributed by atoms with van der Waals surface area (Å²) in [5, 5.41) is 4.19. The Balaban J connectivity index is 2.04. The van der Waals surface area contributed by atoms with E-state index in [1.54, 1.807) is 6.92 Å². The number of aryl methyl sites for hydroxylation is 1. The van der Waals surface area contributed by atoms with E-state index in [0.717, 1.165) is 15.9 Å². The molecule has 0 saturated heterocycles. The van der Waals surface area contributed by atoms with Gasteiger partial charge in [0, 0.05) is 10.9 Å². The zero-order chi connectivity index (χ0) is 12.4. The van der Waals surface area contributed by atoms with Crippen LogP contribution in [-0.2, 0) is 4.74 Å². The van der Waals surface area contributed by atoms with Gasteiger partial charge in [0.2, 0.25) is 0 Å². The van der Waals surface area contributed by atoms with Crippen molar-refractivity contribution in [3.63, 3.8) is 0 Å². The molecule has 1 atom stereocenters. The average molecular weight is 254 g/mol. The van der Waals surface area contributed by atoms with Crippen molar-refractivity contribution < 1.29 is 9.53 Å². The SMILES string of the molecule is CCOC(=O)c1nc(NC(C)C2CC2)sc1C. The summed E-state index contributed by atoms with van der Waals surface area (Å²) >= 11 is 1.52. The second kappa shape index (κ2) is 5.04. The van der Waals surface area contributed by atoms with E-state index in [-0.39, 0.29) is 5.97 Å². The highest BCUT2D eigenvalue weighted by Gasteiger charge is 2.28. The van der Waals surface area contributed by atoms with Gasteiger partial charge in [-0.15, -0.1) is 11.3 Å². The number of ether oxygens (including phenoxy) is 1. The Hall–Kier alpha value is -1.10. The Labute approximate surface area is 105 Å². The zero-order valence-corrected chi connectivity index (χ0v) is 11.3. The summed E-state index contributed by atoms with van der Waals surface area (Å²) < 4.78 is 4.96. The van der Waals surface area contributed by atoms with Crippen LogP contribution in [0.15, 0.2) is 0 Å². The standard InChI is InChI=1S/C12H18N2O2S/c1-4-16-11(15)10-8(3)17-12(14-10)13-7(2)9-5-6-9/h7,9H,4-6H2,1-3H3,(H,13,14). The first-order valence-electron chi connectivity index (χ1n) is 6.03. The molecule has 1 aliphatic carbocycles. The van der Waals surface area contributed by atoms with E-state index in [1.165, 1.54) is 24.2 Å². The molecule has 17 heavy (non-hydrogen) atoms. The molecule has 1 aromatic rings. The zero-order valence-electron chi connectivity index (χ0n) is 10.4. The van der Waals surface area contributed by atoms with Crippen molar-refractivity contribution in [2.75, 3.05) is 11.9 Å². The maximum atomic E-state index is 11.6. The number of carbonyl (C=O) groups excluding carboxylic acids is 1. The predicted molar refractivity (Wildman–Crippen MR) is 68.6 cm³/mol. The molecule has 0 aromatic carbocycles. The van der Waals surface area contributed by atoms with E-state index in [9.17, 15) is 4.79 Å². The number of nitrogens with zero attached hydrogens (tertiary/aromatic N) is 1. The number of hydrogen-bond donors (Lipinski definition) is 1. The Morgan fingerprint density at radius 1 is 1.65 bits per heavy atom. The minimum Gasteiger partial charge on any atom is -0.461 e. The molecule has 94 valence electrons. The topological polar surface area (TPSA) is 51.2 Å². The third kappa shape index (κ3) is 2.97. The third-order valence-electron chi connectivity index (χ3n) is 2.95. The Morgan fingerprint density at radius 2 is 2.35 bits per heavy atom. The fourth-order valence-corrected chi connectivity index (χ4v) is 2.65. The average Bonchev–Trinajstić information content (AvgIpc) is 3.04. The summed E-state index contributed by atoms with van der Waals surface area (Å²) in [6.45, 7) is 6.25. The third-order valence-corrected chi connectivity index (χ3v) is 3.85. The van der Waals surface area contributed by atoms with E-state index in [0.29, 0.717) is 18.3 Å². The van der Waals surface area contributed by atoms with E-state index >= 15 is 0 Å². The molecule has 0 aliphatic heterocycles. The second-order valence-corrected chi connectivity index (χ2v) is 5.62. The monoisotopic (exact) mass is 254 g/mol. The van der Waals surface area contributed by atoms with Gasteiger partial charge in [0.05, 0.1) is 6.61 Å². The molecule has 0 amide bonds. The number of rotatable bonds is 5. The van der Waals surface area contributed by atoms with Gasteiger partial charge in [0.25, 0.3) is 0 Å². The lowest BCUT2D eigenvalue weighted by molar-refractivity contribution is 0.0519. The molecule has 1 N–H and O–H groups in total. The molecule has 5 heteroatoms. The number of nitrogens with one attached hydrogen (secondary N) is 1. The molecular weight excluding hydrogens is 236 g/mol. The maximum Gasteiger partial charge on any atom is 0.358 e. The largest absolute Gasteiger partial charge is 0.461 e. The number of carbonyl (C=O) groups is 1. The smallest absolute Gasteiger partial charge is 0.358 e. The van der Waals surface area contributed by atoms with Crippen LogP contribution in [0.3, 0.4) is 0 Å². The minimum absolute atomic E-state index is 0.326. The van der Waals surface area contributed by atoms with Gasteiger partial charge in [-0.05, 0) is 39.5 Å². The van der Waals surface area contributed by atoms with Crippen molar-refractivity contribution in [3.8, 4) is 0 Å². The summed E-state index contributed by atoms with van der Waals surface area (Å²) in [4.78, 5) is 16.8. The van der Waals surface area contributed by atoms with Crippen LogP contribution in [0, 0.1) is 12.8 Å². The van der Waals surface area contributed by atoms with Crippen LogP contribution in [0.2, 0.25) is 0 Å². The van der Waals surface area contributed by atoms with Gasteiger partial charge in [-0.1, -0.05) is 0 Å². The lowest BCUT2D eigenvalue weighted by atomic mass is 10.2. The molecular formula is C12H18N2O2S. The number of aromatic nitrogens is 1. The van der Waals surface area contributed by atoms with Crippen molar-refractivity contribution in [1.29, 1.82) is 0 Å². The van der Waals surface area contributed by atoms with Crippen LogP contribution in [0.4, 0.5) is 5.13 Å². The van der Waals surface area contributed by atoms with Gasteiger partial charge in [0.15, 0.2) is 10.8 Å². The van der Waals surface area contributed by atoms with E-state index < -0.39 is 0 Å². The second-order valence-electron chi connectivity index (χ2n) is 4.41. The quantitative estimate of drug-likeness (QED) is 0.821. The van der Waals surface area contributed by atoms with Crippen LogP contribution < -0.4 is 5.32 Å². The Bertz CT molecular complexity index is 413. The van der Waals surface area contributed by atoms with Gasteiger partial charge in [0.1, 0.15) is 0 Å². The minimum atomic E-state index is -0.326. The highest BCUT2D eigenvalue weighted by molar-refractivity contribution is 7.15. The molecule has 1 heterocycles. The van der Waals surface area contributed by atoms with Crippen molar-refractivity contribution in [1.82, 2.24) is 4.98 Å². The number of hydrogen-bond acceptors (Lipinski definition) is 5. The summed E-state index contributed by atoms with van der Waals surface area (Å²) in [5.41, 5.74) is 0.447. The highest BCUT2D eigenvalue weighted by atomic mass is 32.1. The fourth-order valence-electron chi connectivity index (χ4n) is 1.76. The molecule has 1 aliphatic rings. The van der Waals surface area contributed by atoms with Gasteiger partial charge in [-0.25, -0.2) is 9.78 Å². The number of thiazole rings is 1. The predicted octanol–water partition coefficient (Wildman–Crippen LogP) is 2.84. The number of esters is 1. The first-order chi connectivity index (χ1) is 8.11. The lowest BCUT2D eigenvalue weighted by Crippen LogP contribution is -2.17. The van der Waals surface area contributed by atoms with Gasteiger partial charge in [-0.3, -0.25) is 0 Å². The van der Waals surface area contributed by atoms with Crippen LogP contribution >= 0.6 is 11.3 Å². The molecule has 0 spiro atoms. The van der Waals surface area contributed by atoms with E-state index in [1.807, 2.05) is 6.92 Å². The van der Waals surface area contributed by atoms with Crippen molar-refractivity contribution in [2.45, 2.75) is 39.7 Å². The van der Waals surface area contributed by atoms with Gasteiger partial charge >= 0.3 is 5.97 Å². The number of anilines is 1. The Morgan fingerprint density at radius 3 is 2.94 bits per heavy atom.